The highest BCUT2D eigenvalue weighted by Crippen LogP contribution is 2.16. The molecule has 0 aliphatic carbocycles. The fourth-order valence-corrected chi connectivity index (χ4v) is 1.37. The number of hydrogen-bond acceptors (Lipinski definition) is 2. The molecule has 0 aliphatic heterocycles. The van der Waals surface area contributed by atoms with Crippen molar-refractivity contribution in [3.05, 3.63) is 64.8 Å². The number of hydrogen-bond donors (Lipinski definition) is 1. The van der Waals surface area contributed by atoms with E-state index in [1.807, 2.05) is 30.3 Å². The highest BCUT2D eigenvalue weighted by Gasteiger charge is 1.98. The van der Waals surface area contributed by atoms with Crippen molar-refractivity contribution in [2.75, 3.05) is 5.43 Å². The standard InChI is InChI=1S/C12H10ClN3O/c13-10-6-8-12(9-7-10)16(17)15-14-11-4-2-1-3-5-11/h1-9,14H. The summed E-state index contributed by atoms with van der Waals surface area (Å²) < 4.78 is 0. The minimum absolute atomic E-state index is 0.415. The van der Waals surface area contributed by atoms with E-state index in [0.717, 1.165) is 5.69 Å². The largest absolute Gasteiger partial charge is 0.691 e. The molecule has 2 aromatic rings. The van der Waals surface area contributed by atoms with Crippen LogP contribution in [0.3, 0.4) is 0 Å². The maximum Gasteiger partial charge on any atom is 0.154 e. The van der Waals surface area contributed by atoms with Crippen molar-refractivity contribution in [1.29, 1.82) is 0 Å². The molecule has 0 spiro atoms. The van der Waals surface area contributed by atoms with E-state index in [2.05, 4.69) is 10.6 Å². The molecular formula is C12H10ClN3O. The molecule has 17 heavy (non-hydrogen) atoms. The first kappa shape index (κ1) is 11.4. The SMILES string of the molecule is [O-][N+](=NNc1ccccc1)c1ccc(Cl)cc1. The van der Waals surface area contributed by atoms with Crippen LogP contribution < -0.4 is 5.43 Å². The molecule has 0 atom stereocenters. The zero-order valence-electron chi connectivity index (χ0n) is 8.88. The number of benzene rings is 2. The molecule has 86 valence electrons. The lowest BCUT2D eigenvalue weighted by molar-refractivity contribution is -0.439. The third-order valence-electron chi connectivity index (χ3n) is 2.09. The van der Waals surface area contributed by atoms with Gasteiger partial charge >= 0.3 is 0 Å². The monoisotopic (exact) mass is 247 g/mol. The van der Waals surface area contributed by atoms with Gasteiger partial charge in [-0.05, 0) is 36.4 Å². The molecule has 0 bridgehead atoms. The lowest BCUT2D eigenvalue weighted by atomic mass is 10.3. The van der Waals surface area contributed by atoms with Crippen LogP contribution in [-0.4, -0.2) is 4.86 Å². The molecule has 0 fully saturated rings. The fraction of sp³-hybridized carbons (Fsp3) is 0. The van der Waals surface area contributed by atoms with Crippen LogP contribution in [0.1, 0.15) is 0 Å². The van der Waals surface area contributed by atoms with Gasteiger partial charge in [0.15, 0.2) is 5.69 Å². The Kier molecular flexibility index (Phi) is 3.57. The number of para-hydroxylation sites is 1. The van der Waals surface area contributed by atoms with Gasteiger partial charge < -0.3 is 5.21 Å². The summed E-state index contributed by atoms with van der Waals surface area (Å²) in [5.41, 5.74) is 3.83. The summed E-state index contributed by atoms with van der Waals surface area (Å²) in [7, 11) is 0. The van der Waals surface area contributed by atoms with Crippen LogP contribution in [-0.2, 0) is 0 Å². The van der Waals surface area contributed by atoms with Gasteiger partial charge in [0.2, 0.25) is 0 Å². The van der Waals surface area contributed by atoms with Crippen LogP contribution in [0.5, 0.6) is 0 Å². The van der Waals surface area contributed by atoms with E-state index in [1.165, 1.54) is 0 Å². The van der Waals surface area contributed by atoms with Gasteiger partial charge in [-0.25, -0.2) is 0 Å². The van der Waals surface area contributed by atoms with E-state index >= 15 is 0 Å². The first-order valence-corrected chi connectivity index (χ1v) is 5.38. The molecule has 0 saturated heterocycles. The summed E-state index contributed by atoms with van der Waals surface area (Å²) in [6.45, 7) is 0. The van der Waals surface area contributed by atoms with Gasteiger partial charge in [-0.15, -0.1) is 10.3 Å². The Hall–Kier alpha value is -2.07. The number of nitrogens with one attached hydrogen (secondary N) is 1. The second kappa shape index (κ2) is 5.32. The molecule has 2 aromatic carbocycles. The average molecular weight is 248 g/mol. The van der Waals surface area contributed by atoms with Crippen molar-refractivity contribution in [3.63, 3.8) is 0 Å². The first-order valence-electron chi connectivity index (χ1n) is 5.00. The van der Waals surface area contributed by atoms with Crippen molar-refractivity contribution in [1.82, 2.24) is 0 Å². The summed E-state index contributed by atoms with van der Waals surface area (Å²) in [4.78, 5) is 0.503. The first-order chi connectivity index (χ1) is 8.25. The summed E-state index contributed by atoms with van der Waals surface area (Å²) >= 11 is 5.72. The molecule has 0 saturated carbocycles. The molecule has 5 heteroatoms. The second-order valence-electron chi connectivity index (χ2n) is 3.33. The van der Waals surface area contributed by atoms with Gasteiger partial charge in [-0.2, -0.15) is 0 Å². The Morgan fingerprint density at radius 3 is 2.29 bits per heavy atom. The summed E-state index contributed by atoms with van der Waals surface area (Å²) in [5, 5.41) is 15.8. The van der Waals surface area contributed by atoms with Crippen LogP contribution in [0, 0.1) is 5.21 Å². The molecule has 0 aliphatic rings. The molecular weight excluding hydrogens is 238 g/mol. The van der Waals surface area contributed by atoms with Gasteiger partial charge in [0.25, 0.3) is 0 Å². The summed E-state index contributed by atoms with van der Waals surface area (Å²) in [5.74, 6) is 0. The predicted molar refractivity (Wildman–Crippen MR) is 67.2 cm³/mol. The quantitative estimate of drug-likeness (QED) is 0.507. The van der Waals surface area contributed by atoms with E-state index in [-0.39, 0.29) is 0 Å². The van der Waals surface area contributed by atoms with Gasteiger partial charge in [0.05, 0.1) is 5.22 Å². The van der Waals surface area contributed by atoms with Crippen LogP contribution >= 0.6 is 11.6 Å². The molecule has 0 radical (unpaired) electrons. The second-order valence-corrected chi connectivity index (χ2v) is 3.76. The normalized spacial score (nSPS) is 11.2. The third kappa shape index (κ3) is 3.19. The van der Waals surface area contributed by atoms with E-state index in [1.54, 1.807) is 24.3 Å². The summed E-state index contributed by atoms with van der Waals surface area (Å²) in [6, 6.07) is 15.7. The Morgan fingerprint density at radius 1 is 1.00 bits per heavy atom. The van der Waals surface area contributed by atoms with Crippen LogP contribution in [0.15, 0.2) is 59.8 Å². The van der Waals surface area contributed by atoms with E-state index in [4.69, 9.17) is 11.6 Å². The van der Waals surface area contributed by atoms with Crippen molar-refractivity contribution in [2.45, 2.75) is 0 Å². The van der Waals surface area contributed by atoms with Crippen LogP contribution in [0.25, 0.3) is 0 Å². The number of rotatable bonds is 3. The molecule has 1 N–H and O–H groups in total. The Labute approximate surface area is 104 Å². The Bertz CT molecular complexity index is 511. The lowest BCUT2D eigenvalue weighted by Crippen LogP contribution is -1.97. The van der Waals surface area contributed by atoms with Crippen molar-refractivity contribution >= 4 is 23.0 Å². The van der Waals surface area contributed by atoms with Crippen molar-refractivity contribution in [3.8, 4) is 0 Å². The predicted octanol–water partition coefficient (Wildman–Crippen LogP) is 3.96. The maximum atomic E-state index is 11.6. The summed E-state index contributed by atoms with van der Waals surface area (Å²) in [6.07, 6.45) is 0. The maximum absolute atomic E-state index is 11.6. The fourth-order valence-electron chi connectivity index (χ4n) is 1.24. The molecule has 0 aromatic heterocycles. The van der Waals surface area contributed by atoms with Crippen LogP contribution in [0.2, 0.25) is 5.02 Å². The van der Waals surface area contributed by atoms with Gasteiger partial charge in [0.1, 0.15) is 5.69 Å². The number of nitrogens with zero attached hydrogens (tertiary/aromatic N) is 2. The minimum atomic E-state index is 0.415. The van der Waals surface area contributed by atoms with Gasteiger partial charge in [0, 0.05) is 5.02 Å². The van der Waals surface area contributed by atoms with Crippen LogP contribution in [0.4, 0.5) is 11.4 Å². The van der Waals surface area contributed by atoms with Gasteiger partial charge in [-0.1, -0.05) is 29.8 Å². The Morgan fingerprint density at radius 2 is 1.65 bits per heavy atom. The average Bonchev–Trinajstić information content (AvgIpc) is 2.38. The molecule has 2 rings (SSSR count). The van der Waals surface area contributed by atoms with Crippen molar-refractivity contribution in [2.24, 2.45) is 5.22 Å². The highest BCUT2D eigenvalue weighted by atomic mass is 35.5. The topological polar surface area (TPSA) is 50.5 Å². The molecule has 4 nitrogen and oxygen atoms in total. The molecule has 0 heterocycles. The number of halogens is 1. The zero-order valence-corrected chi connectivity index (χ0v) is 9.63. The number of anilines is 1. The van der Waals surface area contributed by atoms with Crippen molar-refractivity contribution < 1.29 is 4.86 Å². The van der Waals surface area contributed by atoms with E-state index < -0.39 is 0 Å². The molecule has 0 unspecified atom stereocenters. The smallest absolute Gasteiger partial charge is 0.154 e. The zero-order chi connectivity index (χ0) is 12.1. The third-order valence-corrected chi connectivity index (χ3v) is 2.34. The van der Waals surface area contributed by atoms with E-state index in [9.17, 15) is 5.21 Å². The Balaban J connectivity index is 2.10. The molecule has 0 amide bonds. The highest BCUT2D eigenvalue weighted by molar-refractivity contribution is 6.30. The van der Waals surface area contributed by atoms with Gasteiger partial charge in [-0.3, -0.25) is 0 Å². The lowest BCUT2D eigenvalue weighted by Gasteiger charge is -2.04. The van der Waals surface area contributed by atoms with E-state index in [0.29, 0.717) is 15.6 Å². The minimum Gasteiger partial charge on any atom is -0.691 e.